The highest BCUT2D eigenvalue weighted by Crippen LogP contribution is 2.37. The van der Waals surface area contributed by atoms with Crippen LogP contribution in [0.3, 0.4) is 0 Å². The second-order valence-corrected chi connectivity index (χ2v) is 9.60. The van der Waals surface area contributed by atoms with Crippen molar-refractivity contribution < 1.29 is 27.4 Å². The van der Waals surface area contributed by atoms with Crippen molar-refractivity contribution >= 4 is 21.6 Å². The van der Waals surface area contributed by atoms with Crippen LogP contribution in [0.5, 0.6) is 17.2 Å². The number of sulfonamides is 1. The topological polar surface area (TPSA) is 94.2 Å². The molecule has 0 bridgehead atoms. The fraction of sp³-hybridized carbons (Fsp3) is 0.240. The number of carbonyl (C=O) groups is 1. The van der Waals surface area contributed by atoms with Crippen LogP contribution >= 0.6 is 0 Å². The molecule has 0 fully saturated rings. The fourth-order valence-corrected chi connectivity index (χ4v) is 5.06. The Labute approximate surface area is 199 Å². The van der Waals surface area contributed by atoms with Crippen LogP contribution in [0.25, 0.3) is 0 Å². The zero-order chi connectivity index (χ0) is 24.1. The predicted molar refractivity (Wildman–Crippen MR) is 128 cm³/mol. The molecule has 4 rings (SSSR count). The van der Waals surface area contributed by atoms with E-state index >= 15 is 0 Å². The molecule has 3 aromatic carbocycles. The van der Waals surface area contributed by atoms with E-state index in [4.69, 9.17) is 14.2 Å². The second kappa shape index (κ2) is 10.0. The van der Waals surface area contributed by atoms with E-state index in [0.717, 1.165) is 11.3 Å². The Kier molecular flexibility index (Phi) is 6.93. The average molecular weight is 483 g/mol. The number of nitrogens with one attached hydrogen (secondary N) is 1. The third-order valence-electron chi connectivity index (χ3n) is 5.34. The molecule has 0 saturated heterocycles. The molecule has 0 aliphatic carbocycles. The molecule has 1 N–H and O–H groups in total. The second-order valence-electron chi connectivity index (χ2n) is 7.74. The molecule has 1 unspecified atom stereocenters. The number of hydrogen-bond acceptors (Lipinski definition) is 6. The SMILES string of the molecule is COc1ccc(OCCNC(=O)C2CN(S(=O)(=O)c3ccccc3)c3cc(C)ccc3O2)cc1. The van der Waals surface area contributed by atoms with Gasteiger partial charge in [-0.15, -0.1) is 0 Å². The molecule has 1 amide bonds. The molecule has 0 radical (unpaired) electrons. The summed E-state index contributed by atoms with van der Waals surface area (Å²) in [4.78, 5) is 13.0. The number of ether oxygens (including phenoxy) is 3. The highest BCUT2D eigenvalue weighted by Gasteiger charge is 2.37. The standard InChI is InChI=1S/C25H26N2O6S/c1-18-8-13-23-22(16-18)27(34(29,30)21-6-4-3-5-7-21)17-24(33-23)25(28)26-14-15-32-20-11-9-19(31-2)10-12-20/h3-13,16,24H,14-15,17H2,1-2H3,(H,26,28). The monoisotopic (exact) mass is 482 g/mol. The van der Waals surface area contributed by atoms with Crippen LogP contribution in [-0.2, 0) is 14.8 Å². The summed E-state index contributed by atoms with van der Waals surface area (Å²) in [6.07, 6.45) is -1.00. The Morgan fingerprint density at radius 3 is 2.47 bits per heavy atom. The Bertz CT molecular complexity index is 1250. The number of rotatable bonds is 8. The largest absolute Gasteiger partial charge is 0.497 e. The van der Waals surface area contributed by atoms with Crippen LogP contribution in [0, 0.1) is 6.92 Å². The first-order valence-corrected chi connectivity index (χ1v) is 12.2. The van der Waals surface area contributed by atoms with Gasteiger partial charge in [-0.2, -0.15) is 0 Å². The molecule has 1 atom stereocenters. The summed E-state index contributed by atoms with van der Waals surface area (Å²) in [7, 11) is -2.30. The van der Waals surface area contributed by atoms with Gasteiger partial charge >= 0.3 is 0 Å². The van der Waals surface area contributed by atoms with Gasteiger partial charge in [-0.3, -0.25) is 9.10 Å². The lowest BCUT2D eigenvalue weighted by molar-refractivity contribution is -0.127. The van der Waals surface area contributed by atoms with Gasteiger partial charge in [0.05, 0.1) is 30.8 Å². The molecule has 3 aromatic rings. The van der Waals surface area contributed by atoms with Crippen molar-refractivity contribution in [3.8, 4) is 17.2 Å². The smallest absolute Gasteiger partial charge is 0.264 e. The number of anilines is 1. The minimum atomic E-state index is -3.89. The lowest BCUT2D eigenvalue weighted by Gasteiger charge is -2.35. The van der Waals surface area contributed by atoms with Crippen LogP contribution in [0.1, 0.15) is 5.56 Å². The number of aryl methyl sites for hydroxylation is 1. The first-order valence-electron chi connectivity index (χ1n) is 10.8. The van der Waals surface area contributed by atoms with E-state index in [9.17, 15) is 13.2 Å². The van der Waals surface area contributed by atoms with E-state index in [1.165, 1.54) is 16.4 Å². The maximum Gasteiger partial charge on any atom is 0.264 e. The normalized spacial score (nSPS) is 15.1. The Morgan fingerprint density at radius 2 is 1.76 bits per heavy atom. The molecule has 34 heavy (non-hydrogen) atoms. The molecule has 1 aliphatic rings. The van der Waals surface area contributed by atoms with Crippen molar-refractivity contribution in [2.45, 2.75) is 17.9 Å². The number of carbonyl (C=O) groups excluding carboxylic acids is 1. The van der Waals surface area contributed by atoms with E-state index in [1.54, 1.807) is 61.7 Å². The lowest BCUT2D eigenvalue weighted by atomic mass is 10.1. The summed E-state index contributed by atoms with van der Waals surface area (Å²) in [5.74, 6) is 1.29. The number of benzene rings is 3. The summed E-state index contributed by atoms with van der Waals surface area (Å²) in [6.45, 7) is 2.21. The molecule has 1 heterocycles. The zero-order valence-electron chi connectivity index (χ0n) is 18.9. The van der Waals surface area contributed by atoms with Crippen LogP contribution in [0.4, 0.5) is 5.69 Å². The summed E-state index contributed by atoms with van der Waals surface area (Å²) in [5.41, 5.74) is 1.30. The molecule has 1 aliphatic heterocycles. The fourth-order valence-electron chi connectivity index (χ4n) is 3.57. The van der Waals surface area contributed by atoms with Crippen molar-refractivity contribution in [3.05, 3.63) is 78.4 Å². The van der Waals surface area contributed by atoms with Crippen LogP contribution in [-0.4, -0.2) is 47.2 Å². The molecule has 9 heteroatoms. The minimum absolute atomic E-state index is 0.140. The molecule has 0 aromatic heterocycles. The van der Waals surface area contributed by atoms with Crippen molar-refractivity contribution in [2.75, 3.05) is 31.1 Å². The lowest BCUT2D eigenvalue weighted by Crippen LogP contribution is -2.51. The van der Waals surface area contributed by atoms with Gasteiger partial charge in [0.2, 0.25) is 0 Å². The Balaban J connectivity index is 1.45. The molecule has 8 nitrogen and oxygen atoms in total. The first-order chi connectivity index (χ1) is 16.4. The number of methoxy groups -OCH3 is 1. The molecule has 178 valence electrons. The van der Waals surface area contributed by atoms with E-state index < -0.39 is 22.0 Å². The third-order valence-corrected chi connectivity index (χ3v) is 7.13. The maximum absolute atomic E-state index is 13.4. The van der Waals surface area contributed by atoms with Gasteiger partial charge in [0.15, 0.2) is 6.10 Å². The van der Waals surface area contributed by atoms with Gasteiger partial charge in [-0.25, -0.2) is 8.42 Å². The number of amides is 1. The summed E-state index contributed by atoms with van der Waals surface area (Å²) >= 11 is 0. The van der Waals surface area contributed by atoms with E-state index in [-0.39, 0.29) is 24.6 Å². The third kappa shape index (κ3) is 5.09. The van der Waals surface area contributed by atoms with Gasteiger partial charge in [0.25, 0.3) is 15.9 Å². The summed E-state index contributed by atoms with van der Waals surface area (Å²) < 4.78 is 44.7. The Hall–Kier alpha value is -3.72. The van der Waals surface area contributed by atoms with Gasteiger partial charge in [0.1, 0.15) is 23.9 Å². The summed E-state index contributed by atoms with van der Waals surface area (Å²) in [5, 5.41) is 2.76. The van der Waals surface area contributed by atoms with Crippen molar-refractivity contribution in [1.29, 1.82) is 0 Å². The number of hydrogen-bond donors (Lipinski definition) is 1. The molecular formula is C25H26N2O6S. The zero-order valence-corrected chi connectivity index (χ0v) is 19.7. The van der Waals surface area contributed by atoms with Crippen molar-refractivity contribution in [2.24, 2.45) is 0 Å². The maximum atomic E-state index is 13.4. The Morgan fingerprint density at radius 1 is 1.06 bits per heavy atom. The molecule has 0 spiro atoms. The van der Waals surface area contributed by atoms with E-state index in [1.807, 2.05) is 13.0 Å². The van der Waals surface area contributed by atoms with Crippen LogP contribution in [0.2, 0.25) is 0 Å². The minimum Gasteiger partial charge on any atom is -0.497 e. The summed E-state index contributed by atoms with van der Waals surface area (Å²) in [6, 6.07) is 20.5. The van der Waals surface area contributed by atoms with Gasteiger partial charge in [0, 0.05) is 0 Å². The highest BCUT2D eigenvalue weighted by molar-refractivity contribution is 7.92. The van der Waals surface area contributed by atoms with Crippen LogP contribution < -0.4 is 23.8 Å². The number of nitrogens with zero attached hydrogens (tertiary/aromatic N) is 1. The van der Waals surface area contributed by atoms with Crippen LogP contribution in [0.15, 0.2) is 77.7 Å². The molecular weight excluding hydrogens is 456 g/mol. The van der Waals surface area contributed by atoms with E-state index in [0.29, 0.717) is 17.2 Å². The van der Waals surface area contributed by atoms with Gasteiger partial charge in [-0.1, -0.05) is 24.3 Å². The van der Waals surface area contributed by atoms with Crippen molar-refractivity contribution in [3.63, 3.8) is 0 Å². The first kappa shape index (κ1) is 23.4. The van der Waals surface area contributed by atoms with Gasteiger partial charge in [-0.05, 0) is 61.0 Å². The van der Waals surface area contributed by atoms with Gasteiger partial charge < -0.3 is 19.5 Å². The number of fused-ring (bicyclic) bond motifs is 1. The van der Waals surface area contributed by atoms with Crippen molar-refractivity contribution in [1.82, 2.24) is 5.32 Å². The molecule has 0 saturated carbocycles. The van der Waals surface area contributed by atoms with E-state index in [2.05, 4.69) is 5.32 Å². The highest BCUT2D eigenvalue weighted by atomic mass is 32.2. The predicted octanol–water partition coefficient (Wildman–Crippen LogP) is 3.16. The quantitative estimate of drug-likeness (QED) is 0.496. The average Bonchev–Trinajstić information content (AvgIpc) is 2.86.